The van der Waals surface area contributed by atoms with Gasteiger partial charge in [0.05, 0.1) is 6.42 Å². The van der Waals surface area contributed by atoms with Crippen molar-refractivity contribution in [2.24, 2.45) is 0 Å². The molecule has 1 aromatic rings. The summed E-state index contributed by atoms with van der Waals surface area (Å²) in [7, 11) is -1.86. The Labute approximate surface area is 156 Å². The van der Waals surface area contributed by atoms with Crippen molar-refractivity contribution >= 4 is 26.9 Å². The average Bonchev–Trinajstić information content (AvgIpc) is 2.61. The van der Waals surface area contributed by atoms with E-state index in [-0.39, 0.29) is 5.54 Å². The van der Waals surface area contributed by atoms with Crippen LogP contribution in [0.4, 0.5) is 5.69 Å². The Morgan fingerprint density at radius 3 is 2.15 bits per heavy atom. The first kappa shape index (κ1) is 22.1. The predicted molar refractivity (Wildman–Crippen MR) is 102 cm³/mol. The maximum Gasteiger partial charge on any atom is 0.326 e. The van der Waals surface area contributed by atoms with E-state index in [0.717, 1.165) is 0 Å². The number of carbonyl (C=O) groups is 2. The zero-order valence-corrected chi connectivity index (χ0v) is 16.8. The number of hydrogen-bond acceptors (Lipinski definition) is 5. The molecule has 0 aliphatic rings. The molecule has 7 nitrogen and oxygen atoms in total. The lowest BCUT2D eigenvalue weighted by atomic mass is 10.1. The summed E-state index contributed by atoms with van der Waals surface area (Å²) in [6.45, 7) is 7.48. The first-order chi connectivity index (χ1) is 12.4. The lowest BCUT2D eigenvalue weighted by Gasteiger charge is -2.32. The van der Waals surface area contributed by atoms with Gasteiger partial charge in [-0.15, -0.1) is 0 Å². The van der Waals surface area contributed by atoms with Gasteiger partial charge in [-0.05, 0) is 37.9 Å². The molecule has 1 aromatic carbocycles. The number of aliphatic carboxylic acids is 2. The highest BCUT2D eigenvalue weighted by molar-refractivity contribution is 6.46. The highest BCUT2D eigenvalue weighted by Gasteiger charge is 2.30. The molecule has 146 valence electrons. The van der Waals surface area contributed by atoms with Crippen LogP contribution in [0.2, 0.25) is 5.54 Å². The van der Waals surface area contributed by atoms with Crippen LogP contribution in [0.5, 0.6) is 0 Å². The molecule has 2 N–H and O–H groups in total. The Hall–Kier alpha value is -1.90. The second kappa shape index (κ2) is 11.7. The van der Waals surface area contributed by atoms with Gasteiger partial charge in [0.1, 0.15) is 6.04 Å². The van der Waals surface area contributed by atoms with Crippen LogP contribution >= 0.6 is 0 Å². The largest absolute Gasteiger partial charge is 0.481 e. The van der Waals surface area contributed by atoms with Gasteiger partial charge in [0.25, 0.3) is 0 Å². The zero-order valence-electron chi connectivity index (χ0n) is 15.6. The first-order valence-corrected chi connectivity index (χ1v) is 10.5. The van der Waals surface area contributed by atoms with Crippen LogP contribution in [0.25, 0.3) is 0 Å². The predicted octanol–water partition coefficient (Wildman–Crippen LogP) is 2.49. The van der Waals surface area contributed by atoms with Crippen LogP contribution in [-0.2, 0) is 18.4 Å². The van der Waals surface area contributed by atoms with Gasteiger partial charge in [0.2, 0.25) is 0 Å². The number of benzene rings is 1. The van der Waals surface area contributed by atoms with E-state index in [1.807, 2.05) is 39.0 Å². The number of carboxylic acids is 2. The van der Waals surface area contributed by atoms with Gasteiger partial charge >= 0.3 is 21.2 Å². The van der Waals surface area contributed by atoms with Crippen LogP contribution in [0.3, 0.4) is 0 Å². The van der Waals surface area contributed by atoms with Gasteiger partial charge < -0.3 is 24.0 Å². The van der Waals surface area contributed by atoms with E-state index in [2.05, 4.69) is 0 Å². The number of hydrogen-bond donors (Lipinski definition) is 2. The van der Waals surface area contributed by atoms with E-state index >= 15 is 0 Å². The van der Waals surface area contributed by atoms with Crippen molar-refractivity contribution in [3.05, 3.63) is 30.3 Å². The van der Waals surface area contributed by atoms with E-state index in [9.17, 15) is 14.7 Å². The lowest BCUT2D eigenvalue weighted by molar-refractivity contribution is -0.145. The monoisotopic (exact) mass is 383 g/mol. The third-order valence-electron chi connectivity index (χ3n) is 4.07. The summed E-state index contributed by atoms with van der Waals surface area (Å²) in [4.78, 5) is 24.5. The van der Waals surface area contributed by atoms with E-state index < -0.39 is 33.7 Å². The van der Waals surface area contributed by atoms with E-state index in [1.165, 1.54) is 0 Å². The fraction of sp³-hybridized carbons (Fsp3) is 0.556. The summed E-state index contributed by atoms with van der Waals surface area (Å²) in [6.07, 6.45) is 0.200. The second-order valence-corrected chi connectivity index (χ2v) is 8.57. The lowest BCUT2D eigenvalue weighted by Crippen LogP contribution is -2.44. The molecule has 2 atom stereocenters. The van der Waals surface area contributed by atoms with E-state index in [0.29, 0.717) is 31.9 Å². The Bertz CT molecular complexity index is 550. The Morgan fingerprint density at radius 2 is 1.69 bits per heavy atom. The number of para-hydroxylation sites is 1. The summed E-state index contributed by atoms with van der Waals surface area (Å²) in [5.41, 5.74) is 0.861. The minimum atomic E-state index is -1.86. The van der Waals surface area contributed by atoms with E-state index in [4.69, 9.17) is 14.0 Å². The minimum Gasteiger partial charge on any atom is -0.481 e. The molecule has 0 aromatic heterocycles. The van der Waals surface area contributed by atoms with Crippen molar-refractivity contribution in [2.45, 2.75) is 45.2 Å². The van der Waals surface area contributed by atoms with Crippen LogP contribution in [-0.4, -0.2) is 57.2 Å². The molecule has 0 fully saturated rings. The molecule has 8 heteroatoms. The molecule has 0 spiro atoms. The Morgan fingerprint density at radius 1 is 1.12 bits per heavy atom. The van der Waals surface area contributed by atoms with Crippen molar-refractivity contribution in [3.8, 4) is 0 Å². The molecular weight excluding hydrogens is 354 g/mol. The average molecular weight is 384 g/mol. The summed E-state index contributed by atoms with van der Waals surface area (Å²) in [6, 6.07) is 7.92. The van der Waals surface area contributed by atoms with Crippen LogP contribution in [0.15, 0.2) is 30.3 Å². The molecule has 26 heavy (non-hydrogen) atoms. The molecule has 0 amide bonds. The molecular formula is C18H29NO6Si. The molecule has 1 rings (SSSR count). The van der Waals surface area contributed by atoms with Gasteiger partial charge in [-0.2, -0.15) is 0 Å². The van der Waals surface area contributed by atoms with Gasteiger partial charge in [-0.3, -0.25) is 4.79 Å². The van der Waals surface area contributed by atoms with Crippen molar-refractivity contribution in [1.29, 1.82) is 0 Å². The van der Waals surface area contributed by atoms with Crippen molar-refractivity contribution in [3.63, 3.8) is 0 Å². The SMILES string of the molecule is CCO[SiH](OCC)C(C)CCN(c1ccccc1)[C@@H](CC(=O)O)C(=O)O. The van der Waals surface area contributed by atoms with E-state index in [1.54, 1.807) is 17.0 Å². The maximum atomic E-state index is 11.7. The third-order valence-corrected chi connectivity index (χ3v) is 6.66. The summed E-state index contributed by atoms with van der Waals surface area (Å²) < 4.78 is 11.5. The molecule has 0 heterocycles. The minimum absolute atomic E-state index is 0.167. The fourth-order valence-corrected chi connectivity index (χ4v) is 4.60. The van der Waals surface area contributed by atoms with Crippen LogP contribution in [0.1, 0.15) is 33.6 Å². The number of rotatable bonds is 13. The fourth-order valence-electron chi connectivity index (χ4n) is 2.76. The topological polar surface area (TPSA) is 96.3 Å². The maximum absolute atomic E-state index is 11.7. The van der Waals surface area contributed by atoms with Gasteiger partial charge in [0.15, 0.2) is 0 Å². The van der Waals surface area contributed by atoms with Crippen molar-refractivity contribution in [1.82, 2.24) is 0 Å². The summed E-state index contributed by atoms with van der Waals surface area (Å²) >= 11 is 0. The van der Waals surface area contributed by atoms with Gasteiger partial charge in [0, 0.05) is 25.4 Å². The Kier molecular flexibility index (Phi) is 9.93. The highest BCUT2D eigenvalue weighted by atomic mass is 28.3. The first-order valence-electron chi connectivity index (χ1n) is 8.90. The highest BCUT2D eigenvalue weighted by Crippen LogP contribution is 2.23. The third kappa shape index (κ3) is 7.15. The summed E-state index contributed by atoms with van der Waals surface area (Å²) in [5, 5.41) is 18.7. The van der Waals surface area contributed by atoms with Crippen molar-refractivity contribution in [2.75, 3.05) is 24.7 Å². The van der Waals surface area contributed by atoms with Crippen LogP contribution < -0.4 is 4.90 Å². The second-order valence-electron chi connectivity index (χ2n) is 6.03. The number of nitrogens with zero attached hydrogens (tertiary/aromatic N) is 1. The molecule has 0 aliphatic heterocycles. The summed E-state index contributed by atoms with van der Waals surface area (Å²) in [5.74, 6) is -2.28. The van der Waals surface area contributed by atoms with Gasteiger partial charge in [-0.1, -0.05) is 25.1 Å². The molecule has 0 aliphatic carbocycles. The van der Waals surface area contributed by atoms with Crippen LogP contribution in [0, 0.1) is 0 Å². The quantitative estimate of drug-likeness (QED) is 0.505. The molecule has 0 bridgehead atoms. The molecule has 1 unspecified atom stereocenters. The van der Waals surface area contributed by atoms with Crippen molar-refractivity contribution < 1.29 is 28.7 Å². The number of anilines is 1. The van der Waals surface area contributed by atoms with Gasteiger partial charge in [-0.25, -0.2) is 4.79 Å². The molecule has 0 saturated carbocycles. The Balaban J connectivity index is 2.95. The molecule has 0 saturated heterocycles. The molecule has 0 radical (unpaired) electrons. The smallest absolute Gasteiger partial charge is 0.326 e. The normalized spacial score (nSPS) is 13.4. The zero-order chi connectivity index (χ0) is 19.5. The number of carboxylic acid groups (broad SMARTS) is 2. The standard InChI is InChI=1S/C18H29NO6Si/c1-4-24-26(25-5-2)14(3)11-12-19(15-9-7-6-8-10-15)16(18(22)23)13-17(20)21/h6-10,14,16,26H,4-5,11-13H2,1-3H3,(H,20,21)(H,22,23)/t14?,16-/m0/s1.